The fraction of sp³-hybridized carbons (Fsp3) is 0.692. The number of hydrogen-bond donors (Lipinski definition) is 1. The highest BCUT2D eigenvalue weighted by Gasteiger charge is 2.33. The van der Waals surface area contributed by atoms with Crippen LogP contribution in [0.4, 0.5) is 0 Å². The van der Waals surface area contributed by atoms with E-state index in [1.54, 1.807) is 11.3 Å². The van der Waals surface area contributed by atoms with Crippen molar-refractivity contribution in [2.24, 2.45) is 5.92 Å². The molecule has 1 saturated heterocycles. The molecule has 4 nitrogen and oxygen atoms in total. The fourth-order valence-corrected chi connectivity index (χ4v) is 2.81. The summed E-state index contributed by atoms with van der Waals surface area (Å²) in [6.45, 7) is 6.21. The van der Waals surface area contributed by atoms with Crippen LogP contribution in [0, 0.1) is 12.8 Å². The number of carbonyl (C=O) groups is 1. The monoisotopic (exact) mass is 268 g/mol. The Bertz CT molecular complexity index is 405. The smallest absolute Gasteiger partial charge is 0.145 e. The maximum Gasteiger partial charge on any atom is 0.145 e. The van der Waals surface area contributed by atoms with Crippen LogP contribution in [0.2, 0.25) is 0 Å². The predicted molar refractivity (Wildman–Crippen MR) is 72.0 cm³/mol. The summed E-state index contributed by atoms with van der Waals surface area (Å²) in [5.41, 5.74) is 0.892. The topological polar surface area (TPSA) is 51.2 Å². The molecule has 1 aromatic rings. The van der Waals surface area contributed by atoms with Crippen LogP contribution >= 0.6 is 11.3 Å². The molecule has 1 aliphatic rings. The number of Topliss-reactive ketones (excluding diaryl/α,β-unsaturated/α-hetero) is 1. The Morgan fingerprint density at radius 3 is 3.11 bits per heavy atom. The number of carbonyl (C=O) groups excluding carboxylic acids is 1. The highest BCUT2D eigenvalue weighted by Crippen LogP contribution is 2.18. The third-order valence-corrected chi connectivity index (χ3v) is 3.99. The van der Waals surface area contributed by atoms with Crippen molar-refractivity contribution < 1.29 is 9.53 Å². The van der Waals surface area contributed by atoms with Crippen molar-refractivity contribution in [3.05, 3.63) is 16.1 Å². The van der Waals surface area contributed by atoms with Crippen LogP contribution in [0.3, 0.4) is 0 Å². The molecule has 2 atom stereocenters. The lowest BCUT2D eigenvalue weighted by Gasteiger charge is -2.17. The fourth-order valence-electron chi connectivity index (χ4n) is 2.20. The summed E-state index contributed by atoms with van der Waals surface area (Å²) >= 11 is 1.59. The molecule has 1 aromatic heterocycles. The van der Waals surface area contributed by atoms with E-state index in [-0.39, 0.29) is 17.7 Å². The van der Waals surface area contributed by atoms with Crippen molar-refractivity contribution in [3.8, 4) is 0 Å². The molecule has 0 bridgehead atoms. The standard InChI is InChI=1S/C13H20N2O2S/c1-3-4-14-12-7-17-6-11(12)13(16)5-10-8-18-9(2)15-10/h8,11-12,14H,3-7H2,1-2H3. The van der Waals surface area contributed by atoms with Crippen LogP contribution in [0.25, 0.3) is 0 Å². The van der Waals surface area contributed by atoms with E-state index in [0.29, 0.717) is 19.6 Å². The molecule has 5 heteroatoms. The third kappa shape index (κ3) is 3.37. The number of aryl methyl sites for hydroxylation is 1. The summed E-state index contributed by atoms with van der Waals surface area (Å²) in [7, 11) is 0. The average Bonchev–Trinajstić information content (AvgIpc) is 2.95. The number of aromatic nitrogens is 1. The highest BCUT2D eigenvalue weighted by atomic mass is 32.1. The minimum Gasteiger partial charge on any atom is -0.379 e. The van der Waals surface area contributed by atoms with Gasteiger partial charge in [0.1, 0.15) is 5.78 Å². The van der Waals surface area contributed by atoms with Gasteiger partial charge in [-0.25, -0.2) is 4.98 Å². The van der Waals surface area contributed by atoms with E-state index in [4.69, 9.17) is 4.74 Å². The van der Waals surface area contributed by atoms with Crippen LogP contribution in [0.1, 0.15) is 24.0 Å². The minimum absolute atomic E-state index is 0.0152. The second kappa shape index (κ2) is 6.41. The van der Waals surface area contributed by atoms with Gasteiger partial charge in [0.2, 0.25) is 0 Å². The first-order valence-electron chi connectivity index (χ1n) is 6.45. The predicted octanol–water partition coefficient (Wildman–Crippen LogP) is 1.58. The number of ketones is 1. The third-order valence-electron chi connectivity index (χ3n) is 3.17. The first kappa shape index (κ1) is 13.6. The number of ether oxygens (including phenoxy) is 1. The van der Waals surface area contributed by atoms with Gasteiger partial charge in [-0.05, 0) is 19.9 Å². The van der Waals surface area contributed by atoms with E-state index in [2.05, 4.69) is 17.2 Å². The Balaban J connectivity index is 1.91. The number of thiazole rings is 1. The number of rotatable bonds is 6. The molecule has 1 fully saturated rings. The van der Waals surface area contributed by atoms with Gasteiger partial charge in [-0.15, -0.1) is 11.3 Å². The molecule has 0 amide bonds. The zero-order valence-corrected chi connectivity index (χ0v) is 11.8. The molecule has 2 heterocycles. The first-order chi connectivity index (χ1) is 8.70. The van der Waals surface area contributed by atoms with Crippen molar-refractivity contribution >= 4 is 17.1 Å². The summed E-state index contributed by atoms with van der Waals surface area (Å²) in [4.78, 5) is 16.6. The molecule has 100 valence electrons. The summed E-state index contributed by atoms with van der Waals surface area (Å²) in [5.74, 6) is 0.227. The van der Waals surface area contributed by atoms with Gasteiger partial charge in [0.15, 0.2) is 0 Å². The Morgan fingerprint density at radius 1 is 1.61 bits per heavy atom. The van der Waals surface area contributed by atoms with Gasteiger partial charge in [-0.1, -0.05) is 6.92 Å². The maximum atomic E-state index is 12.2. The molecule has 0 spiro atoms. The largest absolute Gasteiger partial charge is 0.379 e. The van der Waals surface area contributed by atoms with Gasteiger partial charge < -0.3 is 10.1 Å². The maximum absolute atomic E-state index is 12.2. The minimum atomic E-state index is -0.0152. The van der Waals surface area contributed by atoms with E-state index < -0.39 is 0 Å². The summed E-state index contributed by atoms with van der Waals surface area (Å²) in [6, 6.07) is 0.178. The van der Waals surface area contributed by atoms with E-state index >= 15 is 0 Å². The average molecular weight is 268 g/mol. The van der Waals surface area contributed by atoms with Crippen molar-refractivity contribution in [1.82, 2.24) is 10.3 Å². The molecular formula is C13H20N2O2S. The second-order valence-electron chi connectivity index (χ2n) is 4.71. The lowest BCUT2D eigenvalue weighted by molar-refractivity contribution is -0.122. The first-order valence-corrected chi connectivity index (χ1v) is 7.33. The SMILES string of the molecule is CCCNC1COCC1C(=O)Cc1csc(C)n1. The van der Waals surface area contributed by atoms with Gasteiger partial charge in [0.25, 0.3) is 0 Å². The van der Waals surface area contributed by atoms with Crippen molar-refractivity contribution in [2.45, 2.75) is 32.7 Å². The van der Waals surface area contributed by atoms with Gasteiger partial charge in [-0.2, -0.15) is 0 Å². The van der Waals surface area contributed by atoms with E-state index in [1.807, 2.05) is 12.3 Å². The van der Waals surface area contributed by atoms with E-state index in [1.165, 1.54) is 0 Å². The normalized spacial score (nSPS) is 23.4. The molecule has 0 aromatic carbocycles. The van der Waals surface area contributed by atoms with Gasteiger partial charge in [0, 0.05) is 17.8 Å². The quantitative estimate of drug-likeness (QED) is 0.851. The van der Waals surface area contributed by atoms with Crippen LogP contribution in [-0.4, -0.2) is 36.6 Å². The Labute approximate surface area is 112 Å². The van der Waals surface area contributed by atoms with Crippen LogP contribution < -0.4 is 5.32 Å². The molecule has 0 radical (unpaired) electrons. The van der Waals surface area contributed by atoms with E-state index in [0.717, 1.165) is 23.7 Å². The highest BCUT2D eigenvalue weighted by molar-refractivity contribution is 7.09. The van der Waals surface area contributed by atoms with E-state index in [9.17, 15) is 4.79 Å². The van der Waals surface area contributed by atoms with Gasteiger partial charge >= 0.3 is 0 Å². The van der Waals surface area contributed by atoms with Crippen molar-refractivity contribution in [2.75, 3.05) is 19.8 Å². The molecule has 2 unspecified atom stereocenters. The molecule has 18 heavy (non-hydrogen) atoms. The lowest BCUT2D eigenvalue weighted by atomic mass is 9.95. The van der Waals surface area contributed by atoms with Gasteiger partial charge in [0.05, 0.1) is 29.8 Å². The molecule has 0 aliphatic carbocycles. The summed E-state index contributed by atoms with van der Waals surface area (Å²) in [5, 5.41) is 6.37. The Hall–Kier alpha value is -0.780. The number of hydrogen-bond acceptors (Lipinski definition) is 5. The van der Waals surface area contributed by atoms with Crippen LogP contribution in [-0.2, 0) is 16.0 Å². The molecule has 0 saturated carbocycles. The van der Waals surface area contributed by atoms with Crippen molar-refractivity contribution in [3.63, 3.8) is 0 Å². The zero-order valence-electron chi connectivity index (χ0n) is 10.9. The zero-order chi connectivity index (χ0) is 13.0. The van der Waals surface area contributed by atoms with Crippen LogP contribution in [0.5, 0.6) is 0 Å². The Kier molecular flexibility index (Phi) is 4.86. The van der Waals surface area contributed by atoms with Gasteiger partial charge in [-0.3, -0.25) is 4.79 Å². The van der Waals surface area contributed by atoms with Crippen LogP contribution in [0.15, 0.2) is 5.38 Å². The molecular weight excluding hydrogens is 248 g/mol. The second-order valence-corrected chi connectivity index (χ2v) is 5.77. The molecule has 1 N–H and O–H groups in total. The lowest BCUT2D eigenvalue weighted by Crippen LogP contribution is -2.40. The Morgan fingerprint density at radius 2 is 2.44 bits per heavy atom. The van der Waals surface area contributed by atoms with Crippen molar-refractivity contribution in [1.29, 1.82) is 0 Å². The number of nitrogens with one attached hydrogen (secondary N) is 1. The summed E-state index contributed by atoms with van der Waals surface area (Å²) < 4.78 is 5.43. The summed E-state index contributed by atoms with van der Waals surface area (Å²) in [6.07, 6.45) is 1.51. The number of nitrogens with zero attached hydrogens (tertiary/aromatic N) is 1. The molecule has 1 aliphatic heterocycles. The molecule has 2 rings (SSSR count).